The van der Waals surface area contributed by atoms with Crippen LogP contribution >= 0.6 is 0 Å². The fourth-order valence-corrected chi connectivity index (χ4v) is 4.42. The van der Waals surface area contributed by atoms with Crippen LogP contribution in [0.15, 0.2) is 47.8 Å². The van der Waals surface area contributed by atoms with Gasteiger partial charge < -0.3 is 28.8 Å². The number of methoxy groups -OCH3 is 2. The quantitative estimate of drug-likeness (QED) is 0.385. The molecule has 2 aromatic carbocycles. The monoisotopic (exact) mass is 447 g/mol. The first kappa shape index (κ1) is 20.6. The molecule has 2 N–H and O–H groups in total. The van der Waals surface area contributed by atoms with Gasteiger partial charge in [0, 0.05) is 42.0 Å². The highest BCUT2D eigenvalue weighted by Gasteiger charge is 2.34. The molecule has 9 nitrogen and oxygen atoms in total. The number of aromatic hydroxyl groups is 2. The Bertz CT molecular complexity index is 1470. The van der Waals surface area contributed by atoms with Crippen LogP contribution in [0.5, 0.6) is 23.0 Å². The molecule has 4 aromatic rings. The second-order valence-corrected chi connectivity index (χ2v) is 7.80. The molecule has 0 radical (unpaired) electrons. The van der Waals surface area contributed by atoms with E-state index in [1.807, 2.05) is 10.8 Å². The third-order valence-corrected chi connectivity index (χ3v) is 5.97. The minimum Gasteiger partial charge on any atom is -0.504 e. The summed E-state index contributed by atoms with van der Waals surface area (Å²) in [5.74, 6) is -0.327. The SMILES string of the molecule is COc1cc2c3c(n(CCCn4ccnc4)c(=O)c2cc1OC)-c1cc(O)c(O)cc1C3=O. The zero-order valence-electron chi connectivity index (χ0n) is 18.0. The average Bonchev–Trinajstić information content (AvgIpc) is 3.42. The molecule has 0 saturated heterocycles. The highest BCUT2D eigenvalue weighted by Crippen LogP contribution is 2.45. The van der Waals surface area contributed by atoms with Gasteiger partial charge in [0.15, 0.2) is 28.8 Å². The number of imidazole rings is 1. The zero-order chi connectivity index (χ0) is 23.3. The number of phenols is 2. The number of hydrogen-bond acceptors (Lipinski definition) is 7. The van der Waals surface area contributed by atoms with Crippen molar-refractivity contribution >= 4 is 16.6 Å². The number of ether oxygens (including phenoxy) is 2. The molecule has 0 spiro atoms. The van der Waals surface area contributed by atoms with Crippen LogP contribution in [-0.2, 0) is 13.1 Å². The molecule has 0 aliphatic heterocycles. The maximum absolute atomic E-state index is 13.6. The van der Waals surface area contributed by atoms with Crippen molar-refractivity contribution in [1.82, 2.24) is 14.1 Å². The Morgan fingerprint density at radius 2 is 1.58 bits per heavy atom. The van der Waals surface area contributed by atoms with E-state index in [1.54, 1.807) is 29.2 Å². The van der Waals surface area contributed by atoms with Gasteiger partial charge in [0.2, 0.25) is 0 Å². The van der Waals surface area contributed by atoms with Crippen molar-refractivity contribution in [2.75, 3.05) is 14.2 Å². The van der Waals surface area contributed by atoms with Crippen LogP contribution in [0.4, 0.5) is 0 Å². The fourth-order valence-electron chi connectivity index (χ4n) is 4.42. The van der Waals surface area contributed by atoms with Gasteiger partial charge in [0.25, 0.3) is 5.56 Å². The summed E-state index contributed by atoms with van der Waals surface area (Å²) in [5, 5.41) is 20.9. The number of carbonyl (C=O) groups is 1. The first-order chi connectivity index (χ1) is 15.9. The second kappa shape index (κ2) is 7.70. The van der Waals surface area contributed by atoms with E-state index < -0.39 is 5.75 Å². The van der Waals surface area contributed by atoms with Crippen LogP contribution in [0.2, 0.25) is 0 Å². The highest BCUT2D eigenvalue weighted by molar-refractivity contribution is 6.27. The molecule has 1 aliphatic rings. The van der Waals surface area contributed by atoms with E-state index in [4.69, 9.17) is 9.47 Å². The van der Waals surface area contributed by atoms with Gasteiger partial charge in [-0.25, -0.2) is 4.98 Å². The largest absolute Gasteiger partial charge is 0.504 e. The van der Waals surface area contributed by atoms with Crippen molar-refractivity contribution in [1.29, 1.82) is 0 Å². The molecular weight excluding hydrogens is 426 g/mol. The van der Waals surface area contributed by atoms with Crippen LogP contribution in [0.3, 0.4) is 0 Å². The Labute approximate surface area is 188 Å². The number of pyridine rings is 1. The van der Waals surface area contributed by atoms with E-state index in [0.717, 1.165) is 0 Å². The summed E-state index contributed by atoms with van der Waals surface area (Å²) in [5.41, 5.74) is 1.09. The maximum Gasteiger partial charge on any atom is 0.259 e. The molecule has 0 atom stereocenters. The van der Waals surface area contributed by atoms with Crippen molar-refractivity contribution in [2.24, 2.45) is 0 Å². The van der Waals surface area contributed by atoms with Crippen LogP contribution in [0.1, 0.15) is 22.3 Å². The lowest BCUT2D eigenvalue weighted by molar-refractivity contribution is 0.104. The lowest BCUT2D eigenvalue weighted by atomic mass is 10.0. The standard InChI is InChI=1S/C24H21N3O6/c1-32-19-10-13-16(11-20(19)33-2)24(31)27(6-3-5-26-7-4-25-12-26)22-14-8-17(28)18(29)9-15(14)23(30)21(13)22/h4,7-12,28-29H,3,5-6H2,1-2H3. The van der Waals surface area contributed by atoms with Crippen LogP contribution in [0, 0.1) is 0 Å². The number of benzene rings is 2. The number of phenolic OH excluding ortho intramolecular Hbond substituents is 2. The van der Waals surface area contributed by atoms with E-state index in [2.05, 4.69) is 4.98 Å². The van der Waals surface area contributed by atoms with E-state index in [1.165, 1.54) is 26.4 Å². The molecule has 33 heavy (non-hydrogen) atoms. The molecule has 1 aliphatic carbocycles. The van der Waals surface area contributed by atoms with Gasteiger partial charge >= 0.3 is 0 Å². The molecule has 2 aromatic heterocycles. The molecule has 2 heterocycles. The third-order valence-electron chi connectivity index (χ3n) is 5.97. The molecule has 5 rings (SSSR count). The van der Waals surface area contributed by atoms with Crippen molar-refractivity contribution in [3.63, 3.8) is 0 Å². The van der Waals surface area contributed by atoms with Gasteiger partial charge in [-0.05, 0) is 30.7 Å². The predicted molar refractivity (Wildman–Crippen MR) is 120 cm³/mol. The molecule has 0 saturated carbocycles. The molecular formula is C24H21N3O6. The molecule has 0 unspecified atom stereocenters. The molecule has 0 fully saturated rings. The summed E-state index contributed by atoms with van der Waals surface area (Å²) in [6.45, 7) is 0.963. The Hall–Kier alpha value is -4.27. The lowest BCUT2D eigenvalue weighted by Gasteiger charge is -2.17. The van der Waals surface area contributed by atoms with Crippen LogP contribution < -0.4 is 15.0 Å². The Morgan fingerprint density at radius 1 is 0.909 bits per heavy atom. The Balaban J connectivity index is 1.77. The van der Waals surface area contributed by atoms with Gasteiger partial charge in [0.05, 0.1) is 37.2 Å². The summed E-state index contributed by atoms with van der Waals surface area (Å²) < 4.78 is 14.2. The van der Waals surface area contributed by atoms with Crippen molar-refractivity contribution in [3.05, 3.63) is 64.5 Å². The first-order valence-electron chi connectivity index (χ1n) is 10.3. The number of rotatable bonds is 6. The molecule has 168 valence electrons. The van der Waals surface area contributed by atoms with Crippen molar-refractivity contribution in [2.45, 2.75) is 19.5 Å². The van der Waals surface area contributed by atoms with Crippen LogP contribution in [0.25, 0.3) is 22.0 Å². The molecule has 9 heteroatoms. The van der Waals surface area contributed by atoms with Gasteiger partial charge in [-0.2, -0.15) is 0 Å². The van der Waals surface area contributed by atoms with Gasteiger partial charge in [-0.1, -0.05) is 0 Å². The van der Waals surface area contributed by atoms with E-state index in [9.17, 15) is 19.8 Å². The number of nitrogens with zero attached hydrogens (tertiary/aromatic N) is 3. The number of fused-ring (bicyclic) bond motifs is 5. The topological polar surface area (TPSA) is 116 Å². The number of aromatic nitrogens is 3. The van der Waals surface area contributed by atoms with Crippen molar-refractivity contribution in [3.8, 4) is 34.3 Å². The summed E-state index contributed by atoms with van der Waals surface area (Å²) in [6.07, 6.45) is 5.83. The highest BCUT2D eigenvalue weighted by atomic mass is 16.5. The average molecular weight is 447 g/mol. The number of aryl methyl sites for hydroxylation is 1. The van der Waals surface area contributed by atoms with Gasteiger partial charge in [0.1, 0.15) is 0 Å². The number of hydrogen-bond donors (Lipinski definition) is 2. The smallest absolute Gasteiger partial charge is 0.259 e. The van der Waals surface area contributed by atoms with Crippen molar-refractivity contribution < 1.29 is 24.5 Å². The third kappa shape index (κ3) is 3.12. The summed E-state index contributed by atoms with van der Waals surface area (Å²) in [4.78, 5) is 31.1. The second-order valence-electron chi connectivity index (χ2n) is 7.80. The fraction of sp³-hybridized carbons (Fsp3) is 0.208. The minimum atomic E-state index is -0.396. The Morgan fingerprint density at radius 3 is 2.21 bits per heavy atom. The van der Waals surface area contributed by atoms with E-state index in [0.29, 0.717) is 58.6 Å². The zero-order valence-corrected chi connectivity index (χ0v) is 18.0. The van der Waals surface area contributed by atoms with E-state index in [-0.39, 0.29) is 22.7 Å². The number of ketones is 1. The Kier molecular flexibility index (Phi) is 4.81. The lowest BCUT2D eigenvalue weighted by Crippen LogP contribution is -2.24. The predicted octanol–water partition coefficient (Wildman–Crippen LogP) is 2.93. The van der Waals surface area contributed by atoms with Gasteiger partial charge in [-0.3, -0.25) is 9.59 Å². The van der Waals surface area contributed by atoms with Crippen LogP contribution in [-0.4, -0.2) is 44.3 Å². The maximum atomic E-state index is 13.6. The minimum absolute atomic E-state index is 0.227. The normalized spacial score (nSPS) is 12.1. The summed E-state index contributed by atoms with van der Waals surface area (Å²) >= 11 is 0. The van der Waals surface area contributed by atoms with Gasteiger partial charge in [-0.15, -0.1) is 0 Å². The molecule has 0 amide bonds. The molecule has 0 bridgehead atoms. The summed E-state index contributed by atoms with van der Waals surface area (Å²) in [7, 11) is 2.96. The number of carbonyl (C=O) groups excluding carboxylic acids is 1. The van der Waals surface area contributed by atoms with E-state index >= 15 is 0 Å². The first-order valence-corrected chi connectivity index (χ1v) is 10.3. The summed E-state index contributed by atoms with van der Waals surface area (Å²) in [6, 6.07) is 5.76.